The molecule has 1 atom stereocenters. The SMILES string of the molecule is CC(C(=O)Nc1sc2c(c1C(N)=O)CCC2)N1CCN(CC(=O)N2CCCCCC2)CC1. The quantitative estimate of drug-likeness (QED) is 0.672. The lowest BCUT2D eigenvalue weighted by atomic mass is 10.1. The summed E-state index contributed by atoms with van der Waals surface area (Å²) in [6, 6.07) is -0.309. The molecule has 3 N–H and O–H groups in total. The van der Waals surface area contributed by atoms with Gasteiger partial charge in [0.1, 0.15) is 5.00 Å². The molecule has 0 spiro atoms. The highest BCUT2D eigenvalue weighted by Crippen LogP contribution is 2.38. The molecule has 176 valence electrons. The van der Waals surface area contributed by atoms with Gasteiger partial charge in [-0.2, -0.15) is 0 Å². The number of rotatable bonds is 6. The molecule has 0 aromatic carbocycles. The van der Waals surface area contributed by atoms with Crippen LogP contribution >= 0.6 is 11.3 Å². The Bertz CT molecular complexity index is 854. The van der Waals surface area contributed by atoms with Crippen LogP contribution in [0.1, 0.15) is 59.8 Å². The van der Waals surface area contributed by atoms with Gasteiger partial charge in [0.2, 0.25) is 11.8 Å². The summed E-state index contributed by atoms with van der Waals surface area (Å²) in [6.07, 6.45) is 7.50. The lowest BCUT2D eigenvalue weighted by molar-refractivity contribution is -0.133. The minimum absolute atomic E-state index is 0.110. The van der Waals surface area contributed by atoms with Crippen molar-refractivity contribution in [3.8, 4) is 0 Å². The van der Waals surface area contributed by atoms with E-state index >= 15 is 0 Å². The first-order chi connectivity index (χ1) is 15.4. The molecule has 0 saturated carbocycles. The van der Waals surface area contributed by atoms with E-state index in [2.05, 4.69) is 15.1 Å². The summed E-state index contributed by atoms with van der Waals surface area (Å²) in [7, 11) is 0. The number of likely N-dealkylation sites (tertiary alicyclic amines) is 1. The molecular formula is C23H35N5O3S. The fraction of sp³-hybridized carbons (Fsp3) is 0.696. The van der Waals surface area contributed by atoms with Crippen molar-refractivity contribution in [2.75, 3.05) is 51.1 Å². The van der Waals surface area contributed by atoms with Crippen LogP contribution in [0.5, 0.6) is 0 Å². The first kappa shape index (κ1) is 23.2. The Balaban J connectivity index is 1.28. The number of anilines is 1. The maximum absolute atomic E-state index is 12.9. The Morgan fingerprint density at radius 3 is 2.31 bits per heavy atom. The number of nitrogens with one attached hydrogen (secondary N) is 1. The topological polar surface area (TPSA) is 99.0 Å². The zero-order valence-corrected chi connectivity index (χ0v) is 19.8. The molecule has 32 heavy (non-hydrogen) atoms. The zero-order valence-electron chi connectivity index (χ0n) is 19.0. The number of hydrogen-bond acceptors (Lipinski definition) is 6. The molecule has 2 aliphatic heterocycles. The second kappa shape index (κ2) is 10.3. The van der Waals surface area contributed by atoms with Gasteiger partial charge in [-0.15, -0.1) is 11.3 Å². The van der Waals surface area contributed by atoms with Gasteiger partial charge in [-0.05, 0) is 44.6 Å². The second-order valence-corrected chi connectivity index (χ2v) is 10.3. The highest BCUT2D eigenvalue weighted by molar-refractivity contribution is 7.17. The summed E-state index contributed by atoms with van der Waals surface area (Å²) in [4.78, 5) is 45.1. The van der Waals surface area contributed by atoms with Crippen molar-refractivity contribution >= 4 is 34.1 Å². The van der Waals surface area contributed by atoms with Crippen LogP contribution in [0.2, 0.25) is 0 Å². The molecule has 3 amide bonds. The van der Waals surface area contributed by atoms with Crippen molar-refractivity contribution in [2.45, 2.75) is 57.9 Å². The largest absolute Gasteiger partial charge is 0.365 e. The van der Waals surface area contributed by atoms with Crippen LogP contribution in [-0.4, -0.2) is 84.3 Å². The van der Waals surface area contributed by atoms with Crippen LogP contribution in [-0.2, 0) is 22.4 Å². The third kappa shape index (κ3) is 5.15. The number of carbonyl (C=O) groups excluding carboxylic acids is 3. The van der Waals surface area contributed by atoms with E-state index in [-0.39, 0.29) is 17.9 Å². The standard InChI is InChI=1S/C23H35N5O3S/c1-16(22(31)25-23-20(21(24)30)17-7-6-8-18(17)32-23)27-13-11-26(12-14-27)15-19(29)28-9-4-2-3-5-10-28/h16H,2-15H2,1H3,(H2,24,30)(H,25,31). The Labute approximate surface area is 194 Å². The molecule has 1 unspecified atom stereocenters. The van der Waals surface area contributed by atoms with Crippen LogP contribution in [0.15, 0.2) is 0 Å². The van der Waals surface area contributed by atoms with Crippen molar-refractivity contribution in [1.29, 1.82) is 0 Å². The third-order valence-corrected chi connectivity index (χ3v) is 8.26. The van der Waals surface area contributed by atoms with E-state index in [9.17, 15) is 14.4 Å². The Morgan fingerprint density at radius 1 is 0.969 bits per heavy atom. The van der Waals surface area contributed by atoms with Crippen LogP contribution in [0.4, 0.5) is 5.00 Å². The first-order valence-electron chi connectivity index (χ1n) is 11.9. The average Bonchev–Trinajstić information content (AvgIpc) is 3.23. The van der Waals surface area contributed by atoms with E-state index in [0.29, 0.717) is 17.1 Å². The highest BCUT2D eigenvalue weighted by atomic mass is 32.1. The second-order valence-electron chi connectivity index (χ2n) is 9.20. The number of thiophene rings is 1. The van der Waals surface area contributed by atoms with Crippen LogP contribution in [0.25, 0.3) is 0 Å². The Kier molecular flexibility index (Phi) is 7.48. The fourth-order valence-electron chi connectivity index (χ4n) is 5.06. The summed E-state index contributed by atoms with van der Waals surface area (Å²) in [5.41, 5.74) is 7.14. The smallest absolute Gasteiger partial charge is 0.251 e. The maximum atomic E-state index is 12.9. The number of aryl methyl sites for hydroxylation is 1. The average molecular weight is 462 g/mol. The number of hydrogen-bond donors (Lipinski definition) is 2. The van der Waals surface area contributed by atoms with Crippen LogP contribution in [0.3, 0.4) is 0 Å². The van der Waals surface area contributed by atoms with Crippen molar-refractivity contribution < 1.29 is 14.4 Å². The Hall–Kier alpha value is -1.97. The molecule has 2 fully saturated rings. The van der Waals surface area contributed by atoms with Crippen molar-refractivity contribution in [1.82, 2.24) is 14.7 Å². The number of nitrogens with zero attached hydrogens (tertiary/aromatic N) is 3. The molecule has 8 nitrogen and oxygen atoms in total. The molecular weight excluding hydrogens is 426 g/mol. The monoisotopic (exact) mass is 461 g/mol. The Morgan fingerprint density at radius 2 is 1.66 bits per heavy atom. The number of piperazine rings is 1. The molecule has 3 aliphatic rings. The first-order valence-corrected chi connectivity index (χ1v) is 12.7. The van der Waals surface area contributed by atoms with Gasteiger partial charge >= 0.3 is 0 Å². The van der Waals surface area contributed by atoms with Crippen LogP contribution < -0.4 is 11.1 Å². The van der Waals surface area contributed by atoms with E-state index < -0.39 is 5.91 Å². The van der Waals surface area contributed by atoms with E-state index in [0.717, 1.165) is 76.9 Å². The summed E-state index contributed by atoms with van der Waals surface area (Å²) in [5.74, 6) is -0.340. The van der Waals surface area contributed by atoms with E-state index in [1.54, 1.807) is 0 Å². The summed E-state index contributed by atoms with van der Waals surface area (Å²) < 4.78 is 0. The molecule has 0 radical (unpaired) electrons. The van der Waals surface area contributed by atoms with Gasteiger partial charge in [-0.3, -0.25) is 24.2 Å². The zero-order chi connectivity index (χ0) is 22.7. The number of fused-ring (bicyclic) bond motifs is 1. The van der Waals surface area contributed by atoms with Crippen molar-refractivity contribution in [3.63, 3.8) is 0 Å². The van der Waals surface area contributed by atoms with Gasteiger partial charge in [0, 0.05) is 44.1 Å². The lowest BCUT2D eigenvalue weighted by Gasteiger charge is -2.37. The van der Waals surface area contributed by atoms with Crippen molar-refractivity contribution in [2.24, 2.45) is 5.73 Å². The third-order valence-electron chi connectivity index (χ3n) is 7.06. The fourth-order valence-corrected chi connectivity index (χ4v) is 6.35. The summed E-state index contributed by atoms with van der Waals surface area (Å²) in [6.45, 7) is 7.17. The van der Waals surface area contributed by atoms with E-state index in [1.165, 1.54) is 29.1 Å². The van der Waals surface area contributed by atoms with Gasteiger partial charge in [0.15, 0.2) is 0 Å². The minimum Gasteiger partial charge on any atom is -0.365 e. The molecule has 2 saturated heterocycles. The molecule has 3 heterocycles. The van der Waals surface area contributed by atoms with Crippen molar-refractivity contribution in [3.05, 3.63) is 16.0 Å². The predicted molar refractivity (Wildman–Crippen MR) is 126 cm³/mol. The van der Waals surface area contributed by atoms with Crippen LogP contribution in [0, 0.1) is 0 Å². The minimum atomic E-state index is -0.463. The van der Waals surface area contributed by atoms with Gasteiger partial charge in [-0.25, -0.2) is 0 Å². The lowest BCUT2D eigenvalue weighted by Crippen LogP contribution is -2.54. The molecule has 1 aromatic rings. The summed E-state index contributed by atoms with van der Waals surface area (Å²) in [5, 5.41) is 3.57. The van der Waals surface area contributed by atoms with Gasteiger partial charge < -0.3 is 16.0 Å². The summed E-state index contributed by atoms with van der Waals surface area (Å²) >= 11 is 1.49. The number of primary amides is 1. The molecule has 9 heteroatoms. The number of amides is 3. The van der Waals surface area contributed by atoms with E-state index in [1.807, 2.05) is 11.8 Å². The van der Waals surface area contributed by atoms with E-state index in [4.69, 9.17) is 5.73 Å². The van der Waals surface area contributed by atoms with Gasteiger partial charge in [-0.1, -0.05) is 12.8 Å². The van der Waals surface area contributed by atoms with Gasteiger partial charge in [0.25, 0.3) is 5.91 Å². The predicted octanol–water partition coefficient (Wildman–Crippen LogP) is 1.68. The van der Waals surface area contributed by atoms with Gasteiger partial charge in [0.05, 0.1) is 18.2 Å². The highest BCUT2D eigenvalue weighted by Gasteiger charge is 2.30. The number of carbonyl (C=O) groups is 3. The normalized spacial score (nSPS) is 21.1. The number of nitrogens with two attached hydrogens (primary N) is 1. The molecule has 1 aromatic heterocycles. The molecule has 1 aliphatic carbocycles. The molecule has 0 bridgehead atoms. The maximum Gasteiger partial charge on any atom is 0.251 e. The molecule has 4 rings (SSSR count).